The Labute approximate surface area is 158 Å². The number of hydrogen-bond acceptors (Lipinski definition) is 6. The van der Waals surface area contributed by atoms with E-state index in [9.17, 15) is 0 Å². The van der Waals surface area contributed by atoms with Crippen LogP contribution in [0.4, 0.5) is 5.82 Å². The molecule has 0 saturated heterocycles. The number of nitrogens with one attached hydrogen (secondary N) is 2. The Morgan fingerprint density at radius 2 is 2.11 bits per heavy atom. The fourth-order valence-electron chi connectivity index (χ4n) is 3.40. The second-order valence-corrected chi connectivity index (χ2v) is 6.73. The molecule has 3 heterocycles. The zero-order valence-electron chi connectivity index (χ0n) is 15.9. The minimum Gasteiger partial charge on any atom is -0.494 e. The van der Waals surface area contributed by atoms with Gasteiger partial charge < -0.3 is 15.4 Å². The Bertz CT molecular complexity index is 951. The third-order valence-corrected chi connectivity index (χ3v) is 4.84. The normalized spacial score (nSPS) is 14.5. The van der Waals surface area contributed by atoms with E-state index in [2.05, 4.69) is 32.6 Å². The van der Waals surface area contributed by atoms with Crippen molar-refractivity contribution in [2.24, 2.45) is 0 Å². The highest BCUT2D eigenvalue weighted by Gasteiger charge is 2.19. The van der Waals surface area contributed by atoms with Gasteiger partial charge in [-0.1, -0.05) is 12.1 Å². The van der Waals surface area contributed by atoms with Crippen molar-refractivity contribution in [1.29, 1.82) is 0 Å². The Hall–Kier alpha value is -2.93. The first kappa shape index (κ1) is 17.5. The molecule has 0 aliphatic carbocycles. The average molecular weight is 364 g/mol. The molecule has 7 heteroatoms. The predicted molar refractivity (Wildman–Crippen MR) is 104 cm³/mol. The monoisotopic (exact) mass is 364 g/mol. The van der Waals surface area contributed by atoms with Gasteiger partial charge in [0, 0.05) is 23.9 Å². The van der Waals surface area contributed by atoms with Crippen LogP contribution in [-0.2, 0) is 13.0 Å². The van der Waals surface area contributed by atoms with Crippen LogP contribution in [0.25, 0.3) is 5.69 Å². The van der Waals surface area contributed by atoms with Crippen LogP contribution in [0.5, 0.6) is 5.75 Å². The Kier molecular flexibility index (Phi) is 4.77. The van der Waals surface area contributed by atoms with E-state index in [1.165, 1.54) is 5.56 Å². The first-order valence-electron chi connectivity index (χ1n) is 9.17. The molecule has 0 fully saturated rings. The van der Waals surface area contributed by atoms with E-state index in [0.29, 0.717) is 0 Å². The number of anilines is 1. The van der Waals surface area contributed by atoms with Crippen molar-refractivity contribution >= 4 is 5.82 Å². The van der Waals surface area contributed by atoms with E-state index < -0.39 is 0 Å². The SMILES string of the molecule is COc1ccccc1-n1cc(C(C)Nc2nc(C)nc3c2CCNC3)cn1. The predicted octanol–water partition coefficient (Wildman–Crippen LogP) is 2.80. The molecule has 1 unspecified atom stereocenters. The van der Waals surface area contributed by atoms with Crippen LogP contribution < -0.4 is 15.4 Å². The van der Waals surface area contributed by atoms with Gasteiger partial charge in [-0.25, -0.2) is 14.6 Å². The maximum Gasteiger partial charge on any atom is 0.144 e. The van der Waals surface area contributed by atoms with E-state index in [1.54, 1.807) is 7.11 Å². The minimum absolute atomic E-state index is 0.0711. The van der Waals surface area contributed by atoms with Crippen LogP contribution in [0.1, 0.15) is 35.6 Å². The lowest BCUT2D eigenvalue weighted by Crippen LogP contribution is -2.27. The van der Waals surface area contributed by atoms with E-state index in [-0.39, 0.29) is 6.04 Å². The van der Waals surface area contributed by atoms with Gasteiger partial charge in [-0.2, -0.15) is 5.10 Å². The lowest BCUT2D eigenvalue weighted by atomic mass is 10.1. The molecular weight excluding hydrogens is 340 g/mol. The first-order valence-corrected chi connectivity index (χ1v) is 9.17. The molecule has 4 rings (SSSR count). The topological polar surface area (TPSA) is 76.9 Å². The lowest BCUT2D eigenvalue weighted by molar-refractivity contribution is 0.411. The number of benzene rings is 1. The summed E-state index contributed by atoms with van der Waals surface area (Å²) >= 11 is 0. The third kappa shape index (κ3) is 3.50. The smallest absolute Gasteiger partial charge is 0.144 e. The van der Waals surface area contributed by atoms with Crippen molar-refractivity contribution in [3.63, 3.8) is 0 Å². The highest BCUT2D eigenvalue weighted by atomic mass is 16.5. The summed E-state index contributed by atoms with van der Waals surface area (Å²) in [5.41, 5.74) is 4.30. The summed E-state index contributed by atoms with van der Waals surface area (Å²) in [7, 11) is 1.67. The molecule has 1 aromatic carbocycles. The van der Waals surface area contributed by atoms with Crippen molar-refractivity contribution in [3.05, 3.63) is 59.3 Å². The summed E-state index contributed by atoms with van der Waals surface area (Å²) in [6.07, 6.45) is 4.84. The second kappa shape index (κ2) is 7.36. The van der Waals surface area contributed by atoms with Crippen LogP contribution in [0.3, 0.4) is 0 Å². The summed E-state index contributed by atoms with van der Waals surface area (Å²) in [5, 5.41) is 11.4. The van der Waals surface area contributed by atoms with Crippen LogP contribution >= 0.6 is 0 Å². The number of fused-ring (bicyclic) bond motifs is 1. The molecule has 0 radical (unpaired) electrons. The van der Waals surface area contributed by atoms with Gasteiger partial charge in [0.15, 0.2) is 0 Å². The number of rotatable bonds is 5. The van der Waals surface area contributed by atoms with Crippen LogP contribution in [0, 0.1) is 6.92 Å². The summed E-state index contributed by atoms with van der Waals surface area (Å²) in [6.45, 7) is 5.81. The Morgan fingerprint density at radius 3 is 2.96 bits per heavy atom. The van der Waals surface area contributed by atoms with E-state index >= 15 is 0 Å². The van der Waals surface area contributed by atoms with Crippen LogP contribution in [-0.4, -0.2) is 33.4 Å². The number of aromatic nitrogens is 4. The van der Waals surface area contributed by atoms with Gasteiger partial charge in [-0.3, -0.25) is 0 Å². The van der Waals surface area contributed by atoms with Gasteiger partial charge in [0.25, 0.3) is 0 Å². The summed E-state index contributed by atoms with van der Waals surface area (Å²) < 4.78 is 7.29. The largest absolute Gasteiger partial charge is 0.494 e. The zero-order chi connectivity index (χ0) is 18.8. The Morgan fingerprint density at radius 1 is 1.26 bits per heavy atom. The fraction of sp³-hybridized carbons (Fsp3) is 0.350. The summed E-state index contributed by atoms with van der Waals surface area (Å²) in [5.74, 6) is 2.51. The highest BCUT2D eigenvalue weighted by Crippen LogP contribution is 2.26. The number of para-hydroxylation sites is 2. The molecule has 2 aromatic heterocycles. The van der Waals surface area contributed by atoms with Crippen molar-refractivity contribution in [3.8, 4) is 11.4 Å². The van der Waals surface area contributed by atoms with Gasteiger partial charge in [0.2, 0.25) is 0 Å². The number of hydrogen-bond donors (Lipinski definition) is 2. The average Bonchev–Trinajstić information content (AvgIpc) is 3.18. The lowest BCUT2D eigenvalue weighted by Gasteiger charge is -2.22. The second-order valence-electron chi connectivity index (χ2n) is 6.73. The van der Waals surface area contributed by atoms with Gasteiger partial charge in [-0.05, 0) is 38.9 Å². The Balaban J connectivity index is 1.59. The molecule has 0 amide bonds. The van der Waals surface area contributed by atoms with Gasteiger partial charge in [0.1, 0.15) is 23.1 Å². The number of nitrogens with zero attached hydrogens (tertiary/aromatic N) is 4. The van der Waals surface area contributed by atoms with Crippen molar-refractivity contribution in [2.45, 2.75) is 32.9 Å². The maximum absolute atomic E-state index is 5.44. The van der Waals surface area contributed by atoms with E-state index in [1.807, 2.05) is 48.3 Å². The summed E-state index contributed by atoms with van der Waals surface area (Å²) in [4.78, 5) is 9.22. The van der Waals surface area contributed by atoms with E-state index in [0.717, 1.165) is 53.8 Å². The van der Waals surface area contributed by atoms with Crippen molar-refractivity contribution in [1.82, 2.24) is 25.1 Å². The molecule has 3 aromatic rings. The molecule has 27 heavy (non-hydrogen) atoms. The quantitative estimate of drug-likeness (QED) is 0.725. The minimum atomic E-state index is 0.0711. The number of ether oxygens (including phenoxy) is 1. The molecule has 0 bridgehead atoms. The van der Waals surface area contributed by atoms with Crippen molar-refractivity contribution in [2.75, 3.05) is 19.0 Å². The standard InChI is InChI=1S/C20H24N6O/c1-13(23-20-16-8-9-21-11-17(16)24-14(2)25-20)15-10-22-26(12-15)18-6-4-5-7-19(18)27-3/h4-7,10,12-13,21H,8-9,11H2,1-3H3,(H,23,24,25). The summed E-state index contributed by atoms with van der Waals surface area (Å²) in [6, 6.07) is 7.92. The van der Waals surface area contributed by atoms with Crippen LogP contribution in [0.2, 0.25) is 0 Å². The fourth-order valence-corrected chi connectivity index (χ4v) is 3.40. The number of methoxy groups -OCH3 is 1. The molecular formula is C20H24N6O. The third-order valence-electron chi connectivity index (χ3n) is 4.84. The molecule has 1 aliphatic heterocycles. The molecule has 2 N–H and O–H groups in total. The molecule has 1 atom stereocenters. The molecule has 7 nitrogen and oxygen atoms in total. The van der Waals surface area contributed by atoms with Gasteiger partial charge in [0.05, 0.1) is 25.0 Å². The molecule has 0 saturated carbocycles. The van der Waals surface area contributed by atoms with E-state index in [4.69, 9.17) is 4.74 Å². The van der Waals surface area contributed by atoms with Gasteiger partial charge in [-0.15, -0.1) is 0 Å². The number of aryl methyl sites for hydroxylation is 1. The molecule has 0 spiro atoms. The highest BCUT2D eigenvalue weighted by molar-refractivity contribution is 5.50. The first-order chi connectivity index (χ1) is 13.2. The molecule has 140 valence electrons. The zero-order valence-corrected chi connectivity index (χ0v) is 15.9. The molecule has 1 aliphatic rings. The maximum atomic E-state index is 5.44. The van der Waals surface area contributed by atoms with Crippen molar-refractivity contribution < 1.29 is 4.74 Å². The van der Waals surface area contributed by atoms with Crippen LogP contribution in [0.15, 0.2) is 36.7 Å². The van der Waals surface area contributed by atoms with Gasteiger partial charge >= 0.3 is 0 Å².